The monoisotopic (exact) mass is 400 g/mol. The van der Waals surface area contributed by atoms with E-state index >= 15 is 0 Å². The van der Waals surface area contributed by atoms with Crippen LogP contribution in [0.1, 0.15) is 6.92 Å². The lowest BCUT2D eigenvalue weighted by Gasteiger charge is -2.17. The number of halogens is 3. The van der Waals surface area contributed by atoms with Gasteiger partial charge in [-0.05, 0) is 37.3 Å². The second kappa shape index (κ2) is 9.27. The molecule has 0 spiro atoms. The normalized spacial score (nSPS) is 11.7. The molecule has 1 amide bonds. The van der Waals surface area contributed by atoms with Crippen molar-refractivity contribution in [1.29, 1.82) is 0 Å². The number of hydrogen-bond donors (Lipinski definition) is 2. The predicted molar refractivity (Wildman–Crippen MR) is 99.3 cm³/mol. The first-order valence-corrected chi connectivity index (χ1v) is 8.25. The third kappa shape index (κ3) is 5.62. The summed E-state index contributed by atoms with van der Waals surface area (Å²) in [6.07, 6.45) is 0. The minimum absolute atomic E-state index is 0.132. The summed E-state index contributed by atoms with van der Waals surface area (Å²) in [4.78, 5) is 12.3. The van der Waals surface area contributed by atoms with Crippen LogP contribution in [-0.4, -0.2) is 32.8 Å². The van der Waals surface area contributed by atoms with Crippen molar-refractivity contribution in [2.75, 3.05) is 24.9 Å². The highest BCUT2D eigenvalue weighted by atomic mass is 35.5. The molecule has 0 saturated carbocycles. The van der Waals surface area contributed by atoms with Gasteiger partial charge in [-0.2, -0.15) is 8.78 Å². The molecular formula is C18H19ClF2N2O4. The second-order valence-electron chi connectivity index (χ2n) is 5.45. The van der Waals surface area contributed by atoms with Crippen LogP contribution in [0.25, 0.3) is 0 Å². The van der Waals surface area contributed by atoms with Crippen LogP contribution in [0, 0.1) is 0 Å². The van der Waals surface area contributed by atoms with E-state index in [4.69, 9.17) is 21.1 Å². The van der Waals surface area contributed by atoms with Crippen LogP contribution in [0.2, 0.25) is 5.02 Å². The van der Waals surface area contributed by atoms with E-state index in [-0.39, 0.29) is 17.4 Å². The molecule has 2 rings (SSSR count). The Balaban J connectivity index is 2.06. The number of rotatable bonds is 8. The number of benzene rings is 2. The number of carbonyl (C=O) groups excluding carboxylic acids is 1. The van der Waals surface area contributed by atoms with Crippen molar-refractivity contribution in [2.45, 2.75) is 19.6 Å². The molecule has 2 aromatic rings. The Morgan fingerprint density at radius 1 is 1.00 bits per heavy atom. The van der Waals surface area contributed by atoms with Gasteiger partial charge in [0.05, 0.1) is 19.2 Å². The zero-order valence-corrected chi connectivity index (χ0v) is 15.6. The van der Waals surface area contributed by atoms with E-state index in [1.165, 1.54) is 26.4 Å². The van der Waals surface area contributed by atoms with Gasteiger partial charge in [-0.15, -0.1) is 0 Å². The molecule has 0 heterocycles. The third-order valence-electron chi connectivity index (χ3n) is 3.58. The number of ether oxygens (including phenoxy) is 3. The molecule has 0 unspecified atom stereocenters. The standard InChI is InChI=1S/C18H19ClF2N2O4/c1-10(17(24)23-11-4-6-14(25-2)13(19)8-11)22-12-5-7-15(26-3)16(9-12)27-18(20)21/h4-10,18,22H,1-3H3,(H,23,24)/t10-/m1/s1. The zero-order chi connectivity index (χ0) is 20.0. The molecule has 1 atom stereocenters. The maximum absolute atomic E-state index is 12.5. The zero-order valence-electron chi connectivity index (χ0n) is 14.9. The fourth-order valence-corrected chi connectivity index (χ4v) is 2.52. The Bertz CT molecular complexity index is 805. The van der Waals surface area contributed by atoms with Crippen LogP contribution >= 0.6 is 11.6 Å². The maximum atomic E-state index is 12.5. The third-order valence-corrected chi connectivity index (χ3v) is 3.87. The maximum Gasteiger partial charge on any atom is 0.387 e. The molecule has 0 bridgehead atoms. The van der Waals surface area contributed by atoms with Gasteiger partial charge in [0, 0.05) is 17.4 Å². The highest BCUT2D eigenvalue weighted by Gasteiger charge is 2.16. The van der Waals surface area contributed by atoms with E-state index in [2.05, 4.69) is 15.4 Å². The molecule has 27 heavy (non-hydrogen) atoms. The van der Waals surface area contributed by atoms with Gasteiger partial charge < -0.3 is 24.8 Å². The van der Waals surface area contributed by atoms with Crippen LogP contribution in [0.3, 0.4) is 0 Å². The Morgan fingerprint density at radius 2 is 1.63 bits per heavy atom. The number of anilines is 2. The van der Waals surface area contributed by atoms with Gasteiger partial charge in [-0.25, -0.2) is 0 Å². The summed E-state index contributed by atoms with van der Waals surface area (Å²) in [5.41, 5.74) is 0.915. The van der Waals surface area contributed by atoms with Crippen LogP contribution in [0.5, 0.6) is 17.2 Å². The fraction of sp³-hybridized carbons (Fsp3) is 0.278. The van der Waals surface area contributed by atoms with Crippen molar-refractivity contribution in [3.05, 3.63) is 41.4 Å². The smallest absolute Gasteiger partial charge is 0.387 e. The van der Waals surface area contributed by atoms with E-state index in [1.54, 1.807) is 31.2 Å². The summed E-state index contributed by atoms with van der Waals surface area (Å²) < 4.78 is 39.5. The molecule has 0 aliphatic rings. The van der Waals surface area contributed by atoms with Crippen molar-refractivity contribution < 1.29 is 27.8 Å². The molecule has 0 aromatic heterocycles. The Morgan fingerprint density at radius 3 is 2.22 bits per heavy atom. The number of nitrogens with one attached hydrogen (secondary N) is 2. The van der Waals surface area contributed by atoms with Gasteiger partial charge in [0.2, 0.25) is 5.91 Å². The van der Waals surface area contributed by atoms with Crippen LogP contribution < -0.4 is 24.8 Å². The molecule has 0 aliphatic carbocycles. The molecule has 2 N–H and O–H groups in total. The summed E-state index contributed by atoms with van der Waals surface area (Å²) >= 11 is 6.03. The average molecular weight is 401 g/mol. The molecule has 9 heteroatoms. The summed E-state index contributed by atoms with van der Waals surface area (Å²) in [5, 5.41) is 5.98. The van der Waals surface area contributed by atoms with Crippen molar-refractivity contribution in [3.8, 4) is 17.2 Å². The van der Waals surface area contributed by atoms with Crippen molar-refractivity contribution in [1.82, 2.24) is 0 Å². The molecule has 2 aromatic carbocycles. The molecular weight excluding hydrogens is 382 g/mol. The van der Waals surface area contributed by atoms with Gasteiger partial charge in [0.25, 0.3) is 0 Å². The van der Waals surface area contributed by atoms with Gasteiger partial charge in [0.1, 0.15) is 11.8 Å². The number of methoxy groups -OCH3 is 2. The number of carbonyl (C=O) groups is 1. The van der Waals surface area contributed by atoms with Crippen molar-refractivity contribution in [2.24, 2.45) is 0 Å². The van der Waals surface area contributed by atoms with Crippen molar-refractivity contribution in [3.63, 3.8) is 0 Å². The first-order valence-electron chi connectivity index (χ1n) is 7.87. The van der Waals surface area contributed by atoms with Crippen LogP contribution in [0.4, 0.5) is 20.2 Å². The lowest BCUT2D eigenvalue weighted by Crippen LogP contribution is -2.31. The SMILES string of the molecule is COc1ccc(NC(=O)[C@@H](C)Nc2ccc(OC)c(OC(F)F)c2)cc1Cl. The molecule has 6 nitrogen and oxygen atoms in total. The van der Waals surface area contributed by atoms with Crippen LogP contribution in [-0.2, 0) is 4.79 Å². The van der Waals surface area contributed by atoms with Crippen LogP contribution in [0.15, 0.2) is 36.4 Å². The summed E-state index contributed by atoms with van der Waals surface area (Å²) in [6, 6.07) is 8.56. The lowest BCUT2D eigenvalue weighted by atomic mass is 10.2. The topological polar surface area (TPSA) is 68.8 Å². The van der Waals surface area contributed by atoms with Gasteiger partial charge in [-0.3, -0.25) is 4.79 Å². The molecule has 146 valence electrons. The molecule has 0 aliphatic heterocycles. The molecule has 0 radical (unpaired) electrons. The summed E-state index contributed by atoms with van der Waals surface area (Å²) in [6.45, 7) is -1.37. The quantitative estimate of drug-likeness (QED) is 0.687. The lowest BCUT2D eigenvalue weighted by molar-refractivity contribution is -0.116. The number of amides is 1. The Kier molecular flexibility index (Phi) is 7.06. The molecule has 0 fully saturated rings. The molecule has 0 saturated heterocycles. The Hall–Kier alpha value is -2.74. The fourth-order valence-electron chi connectivity index (χ4n) is 2.26. The van der Waals surface area contributed by atoms with Gasteiger partial charge >= 0.3 is 6.61 Å². The average Bonchev–Trinajstić information content (AvgIpc) is 2.61. The summed E-state index contributed by atoms with van der Waals surface area (Å²) in [7, 11) is 2.84. The van der Waals surface area contributed by atoms with Gasteiger partial charge in [0.15, 0.2) is 11.5 Å². The van der Waals surface area contributed by atoms with E-state index in [1.807, 2.05) is 0 Å². The van der Waals surface area contributed by atoms with Crippen molar-refractivity contribution >= 4 is 28.9 Å². The first kappa shape index (κ1) is 20.6. The Labute approximate surface area is 160 Å². The summed E-state index contributed by atoms with van der Waals surface area (Å²) in [5.74, 6) is 0.173. The predicted octanol–water partition coefficient (Wildman–Crippen LogP) is 4.40. The number of alkyl halides is 2. The highest BCUT2D eigenvalue weighted by molar-refractivity contribution is 6.32. The minimum Gasteiger partial charge on any atom is -0.495 e. The van der Waals surface area contributed by atoms with E-state index < -0.39 is 12.7 Å². The number of hydrogen-bond acceptors (Lipinski definition) is 5. The van der Waals surface area contributed by atoms with E-state index in [9.17, 15) is 13.6 Å². The van der Waals surface area contributed by atoms with Gasteiger partial charge in [-0.1, -0.05) is 11.6 Å². The second-order valence-corrected chi connectivity index (χ2v) is 5.86. The minimum atomic E-state index is -2.99. The first-order chi connectivity index (χ1) is 12.8. The van der Waals surface area contributed by atoms with E-state index in [0.717, 1.165) is 0 Å². The largest absolute Gasteiger partial charge is 0.495 e. The van der Waals surface area contributed by atoms with E-state index in [0.29, 0.717) is 22.1 Å². The highest BCUT2D eigenvalue weighted by Crippen LogP contribution is 2.32.